The Labute approximate surface area is 130 Å². The van der Waals surface area contributed by atoms with Crippen LogP contribution in [-0.2, 0) is 16.4 Å². The van der Waals surface area contributed by atoms with Crippen LogP contribution < -0.4 is 16.8 Å². The molecule has 0 bridgehead atoms. The molecule has 0 spiro atoms. The number of thiophene rings is 2. The van der Waals surface area contributed by atoms with E-state index >= 15 is 0 Å². The lowest BCUT2D eigenvalue weighted by atomic mass is 10.4. The standard InChI is InChI=1S/C12H15N3O3S3/c1-2-21(17,18)10-8(13)9(11(14)16)20-12(10)15-6-7-4-3-5-19-7/h3-5,15H,2,6,13H2,1H3,(H2,14,16). The van der Waals surface area contributed by atoms with Gasteiger partial charge in [-0.1, -0.05) is 13.0 Å². The fraction of sp³-hybridized carbons (Fsp3) is 0.250. The molecule has 6 nitrogen and oxygen atoms in total. The van der Waals surface area contributed by atoms with Crippen molar-refractivity contribution in [1.29, 1.82) is 0 Å². The molecule has 0 atom stereocenters. The molecule has 9 heteroatoms. The van der Waals surface area contributed by atoms with Gasteiger partial charge in [0.2, 0.25) is 0 Å². The van der Waals surface area contributed by atoms with Gasteiger partial charge in [-0.05, 0) is 11.4 Å². The van der Waals surface area contributed by atoms with Crippen LogP contribution in [0.4, 0.5) is 10.7 Å². The molecule has 2 rings (SSSR count). The van der Waals surface area contributed by atoms with Crippen molar-refractivity contribution in [2.24, 2.45) is 5.73 Å². The summed E-state index contributed by atoms with van der Waals surface area (Å²) in [6.45, 7) is 1.99. The lowest BCUT2D eigenvalue weighted by Gasteiger charge is -2.07. The second kappa shape index (κ2) is 6.04. The number of hydrogen-bond donors (Lipinski definition) is 3. The summed E-state index contributed by atoms with van der Waals surface area (Å²) in [5, 5.41) is 5.32. The highest BCUT2D eigenvalue weighted by Gasteiger charge is 2.27. The minimum absolute atomic E-state index is 0.0274. The van der Waals surface area contributed by atoms with E-state index in [-0.39, 0.29) is 21.2 Å². The van der Waals surface area contributed by atoms with Crippen LogP contribution in [0.1, 0.15) is 21.5 Å². The zero-order valence-corrected chi connectivity index (χ0v) is 13.7. The molecule has 0 saturated carbocycles. The van der Waals surface area contributed by atoms with E-state index in [1.807, 2.05) is 17.5 Å². The van der Waals surface area contributed by atoms with Crippen molar-refractivity contribution in [2.45, 2.75) is 18.4 Å². The first-order chi connectivity index (χ1) is 9.86. The number of carbonyl (C=O) groups is 1. The van der Waals surface area contributed by atoms with E-state index in [1.165, 1.54) is 6.92 Å². The summed E-state index contributed by atoms with van der Waals surface area (Å²) in [6.07, 6.45) is 0. The number of nitrogens with one attached hydrogen (secondary N) is 1. The summed E-state index contributed by atoms with van der Waals surface area (Å²) in [7, 11) is -3.54. The van der Waals surface area contributed by atoms with Crippen LogP contribution in [0.15, 0.2) is 22.4 Å². The number of anilines is 2. The lowest BCUT2D eigenvalue weighted by Crippen LogP contribution is -2.13. The van der Waals surface area contributed by atoms with Gasteiger partial charge in [-0.15, -0.1) is 22.7 Å². The van der Waals surface area contributed by atoms with E-state index in [0.717, 1.165) is 16.2 Å². The Kier molecular flexibility index (Phi) is 4.55. The van der Waals surface area contributed by atoms with Gasteiger partial charge in [0.05, 0.1) is 18.0 Å². The maximum absolute atomic E-state index is 12.2. The van der Waals surface area contributed by atoms with Crippen LogP contribution in [0.25, 0.3) is 0 Å². The number of nitrogens with two attached hydrogens (primary N) is 2. The first-order valence-electron chi connectivity index (χ1n) is 6.08. The lowest BCUT2D eigenvalue weighted by molar-refractivity contribution is 0.100. The number of nitrogen functional groups attached to an aromatic ring is 1. The monoisotopic (exact) mass is 345 g/mol. The van der Waals surface area contributed by atoms with Gasteiger partial charge in [0, 0.05) is 4.88 Å². The molecular weight excluding hydrogens is 330 g/mol. The van der Waals surface area contributed by atoms with Crippen molar-refractivity contribution in [3.63, 3.8) is 0 Å². The number of rotatable bonds is 6. The number of primary amides is 1. The van der Waals surface area contributed by atoms with Gasteiger partial charge in [-0.2, -0.15) is 0 Å². The summed E-state index contributed by atoms with van der Waals surface area (Å²) >= 11 is 2.52. The van der Waals surface area contributed by atoms with Crippen molar-refractivity contribution in [3.8, 4) is 0 Å². The second-order valence-electron chi connectivity index (χ2n) is 4.20. The van der Waals surface area contributed by atoms with Crippen LogP contribution in [-0.4, -0.2) is 20.1 Å². The zero-order chi connectivity index (χ0) is 15.6. The molecule has 5 N–H and O–H groups in total. The average molecular weight is 345 g/mol. The zero-order valence-electron chi connectivity index (χ0n) is 11.3. The highest BCUT2D eigenvalue weighted by molar-refractivity contribution is 7.92. The normalized spacial score (nSPS) is 11.5. The molecular formula is C12H15N3O3S3. The Morgan fingerprint density at radius 3 is 2.67 bits per heavy atom. The molecule has 2 aromatic rings. The molecule has 0 aliphatic rings. The van der Waals surface area contributed by atoms with Crippen molar-refractivity contribution in [3.05, 3.63) is 27.3 Å². The average Bonchev–Trinajstić information content (AvgIpc) is 3.03. The molecule has 2 aromatic heterocycles. The van der Waals surface area contributed by atoms with Crippen molar-refractivity contribution in [2.75, 3.05) is 16.8 Å². The van der Waals surface area contributed by atoms with E-state index in [1.54, 1.807) is 11.3 Å². The highest BCUT2D eigenvalue weighted by atomic mass is 32.2. The molecule has 0 fully saturated rings. The molecule has 0 unspecified atom stereocenters. The summed E-state index contributed by atoms with van der Waals surface area (Å²) in [6, 6.07) is 3.83. The molecule has 0 aliphatic carbocycles. The van der Waals surface area contributed by atoms with Gasteiger partial charge >= 0.3 is 0 Å². The van der Waals surface area contributed by atoms with Crippen LogP contribution in [0, 0.1) is 0 Å². The molecule has 0 aromatic carbocycles. The molecule has 0 aliphatic heterocycles. The van der Waals surface area contributed by atoms with Crippen LogP contribution >= 0.6 is 22.7 Å². The SMILES string of the molecule is CCS(=O)(=O)c1c(NCc2cccs2)sc(C(N)=O)c1N. The Hall–Kier alpha value is -1.58. The van der Waals surface area contributed by atoms with Crippen LogP contribution in [0.2, 0.25) is 0 Å². The molecule has 21 heavy (non-hydrogen) atoms. The quantitative estimate of drug-likeness (QED) is 0.739. The Bertz CT molecular complexity index is 748. The maximum atomic E-state index is 12.2. The third-order valence-electron chi connectivity index (χ3n) is 2.82. The molecule has 1 amide bonds. The van der Waals surface area contributed by atoms with E-state index in [2.05, 4.69) is 5.32 Å². The minimum Gasteiger partial charge on any atom is -0.396 e. The summed E-state index contributed by atoms with van der Waals surface area (Å²) in [5.74, 6) is -0.825. The summed E-state index contributed by atoms with van der Waals surface area (Å²) in [4.78, 5) is 12.4. The third-order valence-corrected chi connectivity index (χ3v) is 6.81. The van der Waals surface area contributed by atoms with Crippen molar-refractivity contribution in [1.82, 2.24) is 0 Å². The number of sulfone groups is 1. The van der Waals surface area contributed by atoms with Crippen LogP contribution in [0.5, 0.6) is 0 Å². The van der Waals surface area contributed by atoms with Gasteiger partial charge in [0.25, 0.3) is 5.91 Å². The predicted octanol–water partition coefficient (Wildman–Crippen LogP) is 1.90. The van der Waals surface area contributed by atoms with Gasteiger partial charge < -0.3 is 16.8 Å². The van der Waals surface area contributed by atoms with E-state index in [9.17, 15) is 13.2 Å². The first kappa shape index (κ1) is 15.8. The number of amides is 1. The molecule has 2 heterocycles. The second-order valence-corrected chi connectivity index (χ2v) is 8.47. The van der Waals surface area contributed by atoms with E-state index in [4.69, 9.17) is 11.5 Å². The van der Waals surface area contributed by atoms with Gasteiger partial charge in [-0.25, -0.2) is 8.42 Å². The summed E-state index contributed by atoms with van der Waals surface area (Å²) in [5.41, 5.74) is 11.0. The fourth-order valence-corrected chi connectivity index (χ4v) is 4.92. The Morgan fingerprint density at radius 2 is 2.14 bits per heavy atom. The van der Waals surface area contributed by atoms with Crippen LogP contribution in [0.3, 0.4) is 0 Å². The van der Waals surface area contributed by atoms with E-state index < -0.39 is 15.7 Å². The maximum Gasteiger partial charge on any atom is 0.261 e. The van der Waals surface area contributed by atoms with E-state index in [0.29, 0.717) is 11.5 Å². The van der Waals surface area contributed by atoms with Gasteiger partial charge in [0.15, 0.2) is 9.84 Å². The molecule has 0 radical (unpaired) electrons. The Balaban J connectivity index is 2.43. The third kappa shape index (κ3) is 3.20. The number of carbonyl (C=O) groups excluding carboxylic acids is 1. The first-order valence-corrected chi connectivity index (χ1v) is 9.42. The number of hydrogen-bond acceptors (Lipinski definition) is 7. The smallest absolute Gasteiger partial charge is 0.261 e. The van der Waals surface area contributed by atoms with Crippen molar-refractivity contribution >= 4 is 49.1 Å². The van der Waals surface area contributed by atoms with Gasteiger partial charge in [-0.3, -0.25) is 4.79 Å². The molecule has 0 saturated heterocycles. The highest BCUT2D eigenvalue weighted by Crippen LogP contribution is 2.39. The minimum atomic E-state index is -3.54. The fourth-order valence-electron chi connectivity index (χ4n) is 1.76. The van der Waals surface area contributed by atoms with Gasteiger partial charge in [0.1, 0.15) is 14.8 Å². The summed E-state index contributed by atoms with van der Waals surface area (Å²) < 4.78 is 24.4. The topological polar surface area (TPSA) is 115 Å². The largest absolute Gasteiger partial charge is 0.396 e. The van der Waals surface area contributed by atoms with Crippen molar-refractivity contribution < 1.29 is 13.2 Å². The Morgan fingerprint density at radius 1 is 1.43 bits per heavy atom. The predicted molar refractivity (Wildman–Crippen MR) is 86.6 cm³/mol. The molecule has 114 valence electrons.